The lowest BCUT2D eigenvalue weighted by molar-refractivity contribution is -0.402. The summed E-state index contributed by atoms with van der Waals surface area (Å²) in [5.74, 6) is -0.715. The molecule has 0 bridgehead atoms. The minimum absolute atomic E-state index is 0.00914. The number of amides is 1. The van der Waals surface area contributed by atoms with Crippen LogP contribution in [0.5, 0.6) is 0 Å². The third-order valence-corrected chi connectivity index (χ3v) is 3.75. The quantitative estimate of drug-likeness (QED) is 0.627. The third-order valence-electron chi connectivity index (χ3n) is 3.75. The molecule has 8 heteroatoms. The van der Waals surface area contributed by atoms with Crippen molar-refractivity contribution in [3.63, 3.8) is 0 Å². The maximum atomic E-state index is 12.3. The first kappa shape index (κ1) is 15.2. The summed E-state index contributed by atoms with van der Waals surface area (Å²) < 4.78 is 4.97. The second kappa shape index (κ2) is 6.57. The number of nitro groups is 1. The van der Waals surface area contributed by atoms with Crippen LogP contribution < -0.4 is 0 Å². The molecule has 0 N–H and O–H groups in total. The van der Waals surface area contributed by atoms with Gasteiger partial charge in [0.1, 0.15) is 4.92 Å². The van der Waals surface area contributed by atoms with Gasteiger partial charge in [0.05, 0.1) is 11.8 Å². The van der Waals surface area contributed by atoms with Crippen LogP contribution in [0.25, 0.3) is 0 Å². The molecule has 1 aliphatic rings. The van der Waals surface area contributed by atoms with Gasteiger partial charge in [-0.1, -0.05) is 6.07 Å². The van der Waals surface area contributed by atoms with Crippen molar-refractivity contribution in [1.82, 2.24) is 14.8 Å². The van der Waals surface area contributed by atoms with Crippen LogP contribution in [0.1, 0.15) is 16.2 Å². The van der Waals surface area contributed by atoms with Crippen LogP contribution in [-0.2, 0) is 6.54 Å². The van der Waals surface area contributed by atoms with Gasteiger partial charge in [-0.2, -0.15) is 0 Å². The van der Waals surface area contributed by atoms with Gasteiger partial charge in [0.25, 0.3) is 5.91 Å². The van der Waals surface area contributed by atoms with E-state index in [9.17, 15) is 14.9 Å². The zero-order valence-corrected chi connectivity index (χ0v) is 12.4. The Kier molecular flexibility index (Phi) is 4.33. The van der Waals surface area contributed by atoms with Gasteiger partial charge in [-0.15, -0.1) is 0 Å². The normalized spacial score (nSPS) is 15.6. The van der Waals surface area contributed by atoms with Gasteiger partial charge in [0.15, 0.2) is 5.76 Å². The molecule has 1 aliphatic heterocycles. The smallest absolute Gasteiger partial charge is 0.395 e. The predicted molar refractivity (Wildman–Crippen MR) is 80.8 cm³/mol. The first-order valence-electron chi connectivity index (χ1n) is 7.29. The molecule has 1 saturated heterocycles. The Labute approximate surface area is 132 Å². The lowest BCUT2D eigenvalue weighted by atomic mass is 10.2. The zero-order valence-electron chi connectivity index (χ0n) is 12.4. The summed E-state index contributed by atoms with van der Waals surface area (Å²) in [5, 5.41) is 10.6. The van der Waals surface area contributed by atoms with Crippen molar-refractivity contribution in [3.8, 4) is 0 Å². The summed E-state index contributed by atoms with van der Waals surface area (Å²) in [5.41, 5.74) is 0.994. The minimum Gasteiger partial charge on any atom is -0.395 e. The summed E-state index contributed by atoms with van der Waals surface area (Å²) in [6.07, 6.45) is 1.76. The van der Waals surface area contributed by atoms with E-state index >= 15 is 0 Å². The maximum absolute atomic E-state index is 12.3. The van der Waals surface area contributed by atoms with Gasteiger partial charge >= 0.3 is 5.88 Å². The largest absolute Gasteiger partial charge is 0.433 e. The van der Waals surface area contributed by atoms with Gasteiger partial charge in [-0.3, -0.25) is 24.8 Å². The van der Waals surface area contributed by atoms with Crippen molar-refractivity contribution in [2.45, 2.75) is 6.54 Å². The highest BCUT2D eigenvalue weighted by Crippen LogP contribution is 2.18. The predicted octanol–water partition coefficient (Wildman–Crippen LogP) is 1.54. The zero-order chi connectivity index (χ0) is 16.2. The van der Waals surface area contributed by atoms with Gasteiger partial charge in [0, 0.05) is 38.9 Å². The Morgan fingerprint density at radius 2 is 2.00 bits per heavy atom. The van der Waals surface area contributed by atoms with Gasteiger partial charge in [-0.25, -0.2) is 0 Å². The molecule has 0 aliphatic carbocycles. The summed E-state index contributed by atoms with van der Waals surface area (Å²) in [6, 6.07) is 8.35. The van der Waals surface area contributed by atoms with Crippen molar-refractivity contribution < 1.29 is 14.1 Å². The average Bonchev–Trinajstić information content (AvgIpc) is 3.06. The topological polar surface area (TPSA) is 92.7 Å². The highest BCUT2D eigenvalue weighted by molar-refractivity contribution is 5.91. The molecular formula is C15H16N4O4. The van der Waals surface area contributed by atoms with E-state index in [1.807, 2.05) is 18.2 Å². The summed E-state index contributed by atoms with van der Waals surface area (Å²) in [6.45, 7) is 3.31. The molecule has 1 amide bonds. The molecule has 0 radical (unpaired) electrons. The molecule has 3 heterocycles. The fourth-order valence-corrected chi connectivity index (χ4v) is 2.53. The highest BCUT2D eigenvalue weighted by Gasteiger charge is 2.26. The molecule has 2 aromatic rings. The van der Waals surface area contributed by atoms with E-state index in [4.69, 9.17) is 4.42 Å². The van der Waals surface area contributed by atoms with Crippen LogP contribution in [-0.4, -0.2) is 51.8 Å². The number of hydrogen-bond donors (Lipinski definition) is 0. The van der Waals surface area contributed by atoms with Crippen LogP contribution >= 0.6 is 0 Å². The van der Waals surface area contributed by atoms with Crippen molar-refractivity contribution in [2.75, 3.05) is 26.2 Å². The van der Waals surface area contributed by atoms with E-state index in [0.29, 0.717) is 13.1 Å². The molecule has 0 unspecified atom stereocenters. The van der Waals surface area contributed by atoms with Crippen LogP contribution in [0.4, 0.5) is 5.88 Å². The van der Waals surface area contributed by atoms with Crippen LogP contribution in [0.3, 0.4) is 0 Å². The van der Waals surface area contributed by atoms with E-state index in [1.165, 1.54) is 12.1 Å². The van der Waals surface area contributed by atoms with Gasteiger partial charge < -0.3 is 9.32 Å². The second-order valence-corrected chi connectivity index (χ2v) is 5.28. The number of nitrogens with zero attached hydrogens (tertiary/aromatic N) is 4. The van der Waals surface area contributed by atoms with Crippen molar-refractivity contribution in [1.29, 1.82) is 0 Å². The van der Waals surface area contributed by atoms with Crippen LogP contribution in [0, 0.1) is 10.1 Å². The Morgan fingerprint density at radius 1 is 1.22 bits per heavy atom. The molecule has 3 rings (SSSR count). The summed E-state index contributed by atoms with van der Waals surface area (Å²) >= 11 is 0. The lowest BCUT2D eigenvalue weighted by Crippen LogP contribution is -2.48. The van der Waals surface area contributed by atoms with Crippen LogP contribution in [0.15, 0.2) is 40.9 Å². The number of aromatic nitrogens is 1. The fraction of sp³-hybridized carbons (Fsp3) is 0.333. The summed E-state index contributed by atoms with van der Waals surface area (Å²) in [7, 11) is 0. The molecule has 23 heavy (non-hydrogen) atoms. The number of carbonyl (C=O) groups is 1. The van der Waals surface area contributed by atoms with E-state index < -0.39 is 10.8 Å². The molecule has 2 aromatic heterocycles. The third kappa shape index (κ3) is 3.54. The molecule has 0 saturated carbocycles. The number of pyridine rings is 1. The molecule has 1 fully saturated rings. The maximum Gasteiger partial charge on any atom is 0.433 e. The Morgan fingerprint density at radius 3 is 2.61 bits per heavy atom. The summed E-state index contributed by atoms with van der Waals surface area (Å²) in [4.78, 5) is 30.4. The molecule has 0 atom stereocenters. The minimum atomic E-state index is -0.651. The first-order chi connectivity index (χ1) is 11.1. The number of hydrogen-bond acceptors (Lipinski definition) is 6. The average molecular weight is 316 g/mol. The number of carbonyl (C=O) groups excluding carboxylic acids is 1. The molecule has 0 spiro atoms. The van der Waals surface area contributed by atoms with E-state index in [-0.39, 0.29) is 11.7 Å². The standard InChI is InChI=1S/C15H16N4O4/c20-15(13-4-5-14(23-13)19(21)22)18-9-7-17(8-10-18)11-12-3-1-2-6-16-12/h1-6H,7-11H2. The second-order valence-electron chi connectivity index (χ2n) is 5.28. The van der Waals surface area contributed by atoms with E-state index in [2.05, 4.69) is 9.88 Å². The number of furan rings is 1. The first-order valence-corrected chi connectivity index (χ1v) is 7.29. The molecule has 120 valence electrons. The Hall–Kier alpha value is -2.74. The Balaban J connectivity index is 1.55. The van der Waals surface area contributed by atoms with Crippen molar-refractivity contribution in [3.05, 3.63) is 58.1 Å². The van der Waals surface area contributed by atoms with Gasteiger partial charge in [-0.05, 0) is 18.2 Å². The van der Waals surface area contributed by atoms with Gasteiger partial charge in [0.2, 0.25) is 0 Å². The molecule has 0 aromatic carbocycles. The molecular weight excluding hydrogens is 300 g/mol. The molecule has 8 nitrogen and oxygen atoms in total. The monoisotopic (exact) mass is 316 g/mol. The lowest BCUT2D eigenvalue weighted by Gasteiger charge is -2.34. The van der Waals surface area contributed by atoms with Crippen LogP contribution in [0.2, 0.25) is 0 Å². The number of piperazine rings is 1. The number of rotatable bonds is 4. The van der Waals surface area contributed by atoms with E-state index in [1.54, 1.807) is 11.1 Å². The highest BCUT2D eigenvalue weighted by atomic mass is 16.6. The van der Waals surface area contributed by atoms with E-state index in [0.717, 1.165) is 25.3 Å². The Bertz CT molecular complexity index is 693. The van der Waals surface area contributed by atoms with Crippen molar-refractivity contribution in [2.24, 2.45) is 0 Å². The van der Waals surface area contributed by atoms with Crippen molar-refractivity contribution >= 4 is 11.8 Å². The SMILES string of the molecule is O=C(c1ccc([N+](=O)[O-])o1)N1CCN(Cc2ccccn2)CC1. The fourth-order valence-electron chi connectivity index (χ4n) is 2.53.